The van der Waals surface area contributed by atoms with Gasteiger partial charge < -0.3 is 24.1 Å². The van der Waals surface area contributed by atoms with Crippen molar-refractivity contribution in [3.05, 3.63) is 33.8 Å². The Morgan fingerprint density at radius 3 is 2.73 bits per heavy atom. The van der Waals surface area contributed by atoms with E-state index in [0.717, 1.165) is 22.9 Å². The van der Waals surface area contributed by atoms with Gasteiger partial charge in [-0.1, -0.05) is 48.3 Å². The second-order valence-corrected chi connectivity index (χ2v) is 8.33. The van der Waals surface area contributed by atoms with Gasteiger partial charge in [0, 0.05) is 4.47 Å². The van der Waals surface area contributed by atoms with Crippen LogP contribution in [0.5, 0.6) is 0 Å². The average Bonchev–Trinajstić information content (AvgIpc) is 3.06. The topological polar surface area (TPSA) is 57.2 Å². The molecule has 146 valence electrons. The van der Waals surface area contributed by atoms with Gasteiger partial charge in [-0.3, -0.25) is 0 Å². The highest BCUT2D eigenvalue weighted by atomic mass is 79.9. The lowest BCUT2D eigenvalue weighted by Gasteiger charge is -2.28. The van der Waals surface area contributed by atoms with E-state index in [1.807, 2.05) is 32.9 Å². The van der Waals surface area contributed by atoms with E-state index in [1.165, 1.54) is 5.56 Å². The molecule has 0 amide bonds. The van der Waals surface area contributed by atoms with Crippen LogP contribution in [0.2, 0.25) is 0 Å². The molecular formula is C20H29BrO5. The Kier molecular flexibility index (Phi) is 6.42. The normalized spacial score (nSPS) is 31.2. The van der Waals surface area contributed by atoms with Crippen molar-refractivity contribution in [1.82, 2.24) is 0 Å². The smallest absolute Gasteiger partial charge is 0.190 e. The predicted molar refractivity (Wildman–Crippen MR) is 102 cm³/mol. The fourth-order valence-electron chi connectivity index (χ4n) is 3.64. The van der Waals surface area contributed by atoms with E-state index in [9.17, 15) is 5.11 Å². The summed E-state index contributed by atoms with van der Waals surface area (Å²) in [6, 6.07) is 6.24. The Morgan fingerprint density at radius 1 is 1.27 bits per heavy atom. The summed E-state index contributed by atoms with van der Waals surface area (Å²) in [4.78, 5) is 0. The summed E-state index contributed by atoms with van der Waals surface area (Å²) in [6.07, 6.45) is 0.259. The summed E-state index contributed by atoms with van der Waals surface area (Å²) in [7, 11) is 0. The number of fused-ring (bicyclic) bond motifs is 1. The van der Waals surface area contributed by atoms with Crippen LogP contribution in [0.25, 0.3) is 0 Å². The summed E-state index contributed by atoms with van der Waals surface area (Å²) in [5, 5.41) is 10.5. The number of hydrogen-bond acceptors (Lipinski definition) is 5. The molecule has 5 atom stereocenters. The van der Waals surface area contributed by atoms with E-state index in [2.05, 4.69) is 28.9 Å². The van der Waals surface area contributed by atoms with Gasteiger partial charge in [-0.25, -0.2) is 0 Å². The van der Waals surface area contributed by atoms with Crippen LogP contribution in [0.15, 0.2) is 22.7 Å². The van der Waals surface area contributed by atoms with Crippen LogP contribution in [-0.4, -0.2) is 41.6 Å². The minimum absolute atomic E-state index is 0.331. The van der Waals surface area contributed by atoms with Gasteiger partial charge >= 0.3 is 0 Å². The van der Waals surface area contributed by atoms with Crippen LogP contribution in [-0.2, 0) is 32.0 Å². The van der Waals surface area contributed by atoms with E-state index in [-0.39, 0.29) is 12.2 Å². The molecule has 1 aromatic rings. The zero-order valence-electron chi connectivity index (χ0n) is 15.9. The lowest BCUT2D eigenvalue weighted by molar-refractivity contribution is -0.230. The van der Waals surface area contributed by atoms with Crippen molar-refractivity contribution in [3.8, 4) is 0 Å². The third-order valence-corrected chi connectivity index (χ3v) is 5.70. The third-order valence-electron chi connectivity index (χ3n) is 4.92. The molecule has 0 aromatic heterocycles. The number of hydrogen-bond donors (Lipinski definition) is 1. The van der Waals surface area contributed by atoms with E-state index in [0.29, 0.717) is 13.0 Å². The first-order valence-electron chi connectivity index (χ1n) is 9.42. The van der Waals surface area contributed by atoms with Crippen LogP contribution >= 0.6 is 15.9 Å². The van der Waals surface area contributed by atoms with E-state index >= 15 is 0 Å². The molecular weight excluding hydrogens is 400 g/mol. The van der Waals surface area contributed by atoms with Crippen molar-refractivity contribution in [3.63, 3.8) is 0 Å². The highest BCUT2D eigenvalue weighted by Gasteiger charge is 2.56. The van der Waals surface area contributed by atoms with Gasteiger partial charge in [0.25, 0.3) is 0 Å². The lowest BCUT2D eigenvalue weighted by Crippen LogP contribution is -2.42. The number of benzene rings is 1. The van der Waals surface area contributed by atoms with Crippen LogP contribution in [0.4, 0.5) is 0 Å². The molecule has 2 saturated heterocycles. The van der Waals surface area contributed by atoms with E-state index < -0.39 is 24.3 Å². The monoisotopic (exact) mass is 428 g/mol. The summed E-state index contributed by atoms with van der Waals surface area (Å²) in [5.74, 6) is -0.704. The minimum atomic E-state index is -0.704. The first-order chi connectivity index (χ1) is 12.3. The van der Waals surface area contributed by atoms with Crippen LogP contribution in [0.1, 0.15) is 51.7 Å². The zero-order chi connectivity index (χ0) is 18.9. The highest BCUT2D eigenvalue weighted by molar-refractivity contribution is 9.10. The Bertz CT molecular complexity index is 620. The van der Waals surface area contributed by atoms with Crippen LogP contribution in [0, 0.1) is 0 Å². The molecule has 1 N–H and O–H groups in total. The first kappa shape index (κ1) is 20.2. The van der Waals surface area contributed by atoms with Gasteiger partial charge in [0.2, 0.25) is 0 Å². The van der Waals surface area contributed by atoms with Crippen molar-refractivity contribution in [2.75, 3.05) is 0 Å². The van der Waals surface area contributed by atoms with Gasteiger partial charge in [0.1, 0.15) is 18.3 Å². The molecule has 2 aliphatic rings. The second-order valence-electron chi connectivity index (χ2n) is 7.48. The Balaban J connectivity index is 1.73. The molecule has 3 rings (SSSR count). The summed E-state index contributed by atoms with van der Waals surface area (Å²) in [5.41, 5.74) is 2.34. The molecule has 0 aliphatic carbocycles. The van der Waals surface area contributed by atoms with Crippen molar-refractivity contribution in [2.24, 2.45) is 0 Å². The predicted octanol–water partition coefficient (Wildman–Crippen LogP) is 3.93. The third kappa shape index (κ3) is 4.32. The number of aliphatic hydroxyl groups is 1. The molecule has 0 radical (unpaired) electrons. The largest absolute Gasteiger partial charge is 0.390 e. The summed E-state index contributed by atoms with van der Waals surface area (Å²) < 4.78 is 25.1. The molecule has 26 heavy (non-hydrogen) atoms. The number of aryl methyl sites for hydroxylation is 1. The minimum Gasteiger partial charge on any atom is -0.390 e. The second kappa shape index (κ2) is 8.25. The maximum absolute atomic E-state index is 10.5. The number of halogens is 1. The first-order valence-corrected chi connectivity index (χ1v) is 10.2. The molecule has 5 nitrogen and oxygen atoms in total. The lowest BCUT2D eigenvalue weighted by atomic mass is 10.0. The molecule has 2 heterocycles. The van der Waals surface area contributed by atoms with Gasteiger partial charge in [-0.2, -0.15) is 0 Å². The van der Waals surface area contributed by atoms with Crippen molar-refractivity contribution in [2.45, 2.75) is 90.1 Å². The van der Waals surface area contributed by atoms with Gasteiger partial charge in [-0.05, 0) is 43.9 Å². The fourth-order valence-corrected chi connectivity index (χ4v) is 4.17. The van der Waals surface area contributed by atoms with Gasteiger partial charge in [0.05, 0.1) is 12.7 Å². The van der Waals surface area contributed by atoms with Crippen molar-refractivity contribution in [1.29, 1.82) is 0 Å². The van der Waals surface area contributed by atoms with E-state index in [4.69, 9.17) is 18.9 Å². The SMILES string of the molecule is CCC[C@@H](O)[C@H]1O[C@@H]2OC(C)(C)O[C@@H]2[C@H]1OCc1ccc(Br)c(CC)c1. The quantitative estimate of drug-likeness (QED) is 0.712. The Morgan fingerprint density at radius 2 is 2.04 bits per heavy atom. The molecule has 0 saturated carbocycles. The van der Waals surface area contributed by atoms with Crippen LogP contribution < -0.4 is 0 Å². The average molecular weight is 429 g/mol. The molecule has 0 spiro atoms. The number of rotatable bonds is 7. The Labute approximate surface area is 164 Å². The maximum Gasteiger partial charge on any atom is 0.190 e. The van der Waals surface area contributed by atoms with Crippen molar-refractivity contribution >= 4 is 15.9 Å². The molecule has 0 unspecified atom stereocenters. The fraction of sp³-hybridized carbons (Fsp3) is 0.700. The molecule has 2 fully saturated rings. The van der Waals surface area contributed by atoms with Gasteiger partial charge in [-0.15, -0.1) is 0 Å². The molecule has 1 aromatic carbocycles. The highest BCUT2D eigenvalue weighted by Crippen LogP contribution is 2.40. The van der Waals surface area contributed by atoms with Crippen LogP contribution in [0.3, 0.4) is 0 Å². The molecule has 0 bridgehead atoms. The number of aliphatic hydroxyl groups excluding tert-OH is 1. The Hall–Kier alpha value is -0.500. The summed E-state index contributed by atoms with van der Waals surface area (Å²) >= 11 is 3.57. The summed E-state index contributed by atoms with van der Waals surface area (Å²) in [6.45, 7) is 8.34. The maximum atomic E-state index is 10.5. The standard InChI is InChI=1S/C20H29BrO5/c1-5-7-15(22)16-17(18-19(24-16)26-20(3,4)25-18)23-11-12-8-9-14(21)13(6-2)10-12/h8-10,15-19,22H,5-7,11H2,1-4H3/t15-,16-,17+,18-,19-/m1/s1. The van der Waals surface area contributed by atoms with E-state index in [1.54, 1.807) is 0 Å². The number of ether oxygens (including phenoxy) is 4. The van der Waals surface area contributed by atoms with Crippen molar-refractivity contribution < 1.29 is 24.1 Å². The molecule has 6 heteroatoms. The molecule has 2 aliphatic heterocycles. The zero-order valence-corrected chi connectivity index (χ0v) is 17.5. The van der Waals surface area contributed by atoms with Gasteiger partial charge in [0.15, 0.2) is 12.1 Å².